The molecule has 0 N–H and O–H groups in total. The van der Waals surface area contributed by atoms with E-state index in [1.54, 1.807) is 0 Å². The first-order valence-corrected chi connectivity index (χ1v) is 6.92. The summed E-state index contributed by atoms with van der Waals surface area (Å²) < 4.78 is 25.4. The molecular weight excluding hydrogens is 311 g/mol. The summed E-state index contributed by atoms with van der Waals surface area (Å²) in [4.78, 5) is 45.8. The number of esters is 4. The van der Waals surface area contributed by atoms with Crippen molar-refractivity contribution < 1.29 is 42.9 Å². The second kappa shape index (κ2) is 7.95. The van der Waals surface area contributed by atoms with Gasteiger partial charge >= 0.3 is 23.9 Å². The monoisotopic (exact) mass is 330 g/mol. The van der Waals surface area contributed by atoms with Crippen molar-refractivity contribution in [3.8, 4) is 0 Å². The van der Waals surface area contributed by atoms with Gasteiger partial charge in [-0.05, 0) is 0 Å². The fourth-order valence-electron chi connectivity index (χ4n) is 2.32. The van der Waals surface area contributed by atoms with Gasteiger partial charge in [-0.25, -0.2) is 4.79 Å². The Morgan fingerprint density at radius 3 is 1.70 bits per heavy atom. The number of ether oxygens (including phenoxy) is 5. The predicted molar refractivity (Wildman–Crippen MR) is 75.9 cm³/mol. The van der Waals surface area contributed by atoms with Crippen LogP contribution in [0.2, 0.25) is 0 Å². The zero-order valence-electron chi connectivity index (χ0n) is 13.6. The summed E-state index contributed by atoms with van der Waals surface area (Å²) in [5, 5.41) is 0. The van der Waals surface area contributed by atoms with Crippen molar-refractivity contribution in [2.45, 2.75) is 51.2 Å². The van der Waals surface area contributed by atoms with Crippen LogP contribution in [0.4, 0.5) is 0 Å². The lowest BCUT2D eigenvalue weighted by Gasteiger charge is -2.42. The van der Waals surface area contributed by atoms with Gasteiger partial charge in [0, 0.05) is 20.8 Å². The van der Waals surface area contributed by atoms with Gasteiger partial charge in [-0.15, -0.1) is 0 Å². The zero-order valence-corrected chi connectivity index (χ0v) is 13.6. The maximum Gasteiger partial charge on any atom is 0.339 e. The third-order valence-electron chi connectivity index (χ3n) is 3.11. The van der Waals surface area contributed by atoms with Crippen LogP contribution >= 0.6 is 0 Å². The Morgan fingerprint density at radius 2 is 1.26 bits per heavy atom. The number of methoxy groups -OCH3 is 1. The van der Waals surface area contributed by atoms with Crippen molar-refractivity contribution in [3.05, 3.63) is 0 Å². The maximum atomic E-state index is 11.9. The molecule has 0 spiro atoms. The molecule has 5 atom stereocenters. The van der Waals surface area contributed by atoms with E-state index >= 15 is 0 Å². The van der Waals surface area contributed by atoms with Crippen LogP contribution in [-0.4, -0.2) is 69.3 Å². The Balaban J connectivity index is 3.21. The lowest BCUT2D eigenvalue weighted by Crippen LogP contribution is -2.63. The van der Waals surface area contributed by atoms with Gasteiger partial charge in [-0.3, -0.25) is 14.4 Å². The first-order chi connectivity index (χ1) is 10.7. The molecule has 0 aromatic carbocycles. The minimum atomic E-state index is -1.31. The van der Waals surface area contributed by atoms with Gasteiger partial charge in [-0.1, -0.05) is 0 Å². The van der Waals surface area contributed by atoms with Crippen LogP contribution in [0.15, 0.2) is 0 Å². The average molecular weight is 330 g/mol. The number of rotatable bonds is 4. The molecule has 1 saturated heterocycles. The van der Waals surface area contributed by atoms with Gasteiger partial charge in [-0.2, -0.15) is 0 Å². The highest BCUT2D eigenvalue weighted by molar-refractivity contribution is 6.11. The van der Waals surface area contributed by atoms with E-state index < -0.39 is 54.3 Å². The molecule has 10 heteroatoms. The average Bonchev–Trinajstić information content (AvgIpc) is 2.43. The number of hydrogen-bond donors (Lipinski definition) is 0. The molecule has 9 nitrogen and oxygen atoms in total. The molecule has 0 aliphatic carbocycles. The van der Waals surface area contributed by atoms with E-state index in [4.69, 9.17) is 18.9 Å². The molecule has 0 bridgehead atoms. The second-order valence-corrected chi connectivity index (χ2v) is 5.01. The van der Waals surface area contributed by atoms with Crippen LogP contribution in [0.5, 0.6) is 0 Å². The predicted octanol–water partition coefficient (Wildman–Crippen LogP) is -1.69. The van der Waals surface area contributed by atoms with Gasteiger partial charge in [0.15, 0.2) is 24.4 Å². The van der Waals surface area contributed by atoms with E-state index in [2.05, 4.69) is 4.74 Å². The summed E-state index contributed by atoms with van der Waals surface area (Å²) in [7, 11) is 2.67. The Morgan fingerprint density at radius 1 is 0.826 bits per heavy atom. The van der Waals surface area contributed by atoms with E-state index in [0.29, 0.717) is 0 Å². The quantitative estimate of drug-likeness (QED) is 0.338. The first-order valence-electron chi connectivity index (χ1n) is 6.92. The Hall–Kier alpha value is -2.10. The summed E-state index contributed by atoms with van der Waals surface area (Å²) in [6.45, 7) is 3.44. The van der Waals surface area contributed by atoms with E-state index in [0.717, 1.165) is 21.0 Å². The van der Waals surface area contributed by atoms with E-state index in [9.17, 15) is 19.2 Å². The minimum Gasteiger partial charge on any atom is -0.467 e. The molecule has 0 aromatic heterocycles. The number of hydrogen-bond acceptors (Lipinski definition) is 9. The molecule has 0 amide bonds. The summed E-state index contributed by atoms with van der Waals surface area (Å²) in [6.07, 6.45) is -4.85. The maximum absolute atomic E-state index is 11.9. The van der Waals surface area contributed by atoms with Gasteiger partial charge < -0.3 is 23.7 Å². The molecule has 1 rings (SSSR count). The third kappa shape index (κ3) is 4.95. The van der Waals surface area contributed by atoms with Crippen molar-refractivity contribution in [1.29, 1.82) is 0 Å². The molecule has 1 fully saturated rings. The molecule has 1 heterocycles. The topological polar surface area (TPSA) is 114 Å². The molecule has 0 aromatic rings. The summed E-state index contributed by atoms with van der Waals surface area (Å²) in [5.74, 6) is -2.86. The highest BCUT2D eigenvalue weighted by atomic mass is 16.7. The molecule has 128 valence electrons. The minimum absolute atomic E-state index is 0.638. The standard InChI is InChI=1S/C13H19BO9/c1-5(15)20-8-9(21-6(2)16)11(13(18)19-4)23-12(14)10(8)22-7(3)17/h8-12H,14H2,1-4H3/t8-,9-,10+,11?,12-/m0/s1. The third-order valence-corrected chi connectivity index (χ3v) is 3.11. The molecule has 1 aliphatic rings. The van der Waals surface area contributed by atoms with Crippen molar-refractivity contribution in [3.63, 3.8) is 0 Å². The Labute approximate surface area is 133 Å². The largest absolute Gasteiger partial charge is 0.467 e. The van der Waals surface area contributed by atoms with Crippen molar-refractivity contribution in [2.75, 3.05) is 7.11 Å². The van der Waals surface area contributed by atoms with E-state index in [1.807, 2.05) is 0 Å². The van der Waals surface area contributed by atoms with Gasteiger partial charge in [0.1, 0.15) is 7.85 Å². The molecular formula is C13H19BO9. The normalized spacial score (nSPS) is 30.0. The van der Waals surface area contributed by atoms with Crippen LogP contribution in [0, 0.1) is 0 Å². The van der Waals surface area contributed by atoms with Crippen LogP contribution in [0.3, 0.4) is 0 Å². The van der Waals surface area contributed by atoms with Crippen LogP contribution < -0.4 is 0 Å². The fraction of sp³-hybridized carbons (Fsp3) is 0.692. The molecule has 1 aliphatic heterocycles. The molecule has 23 heavy (non-hydrogen) atoms. The van der Waals surface area contributed by atoms with Gasteiger partial charge in [0.2, 0.25) is 0 Å². The van der Waals surface area contributed by atoms with Gasteiger partial charge in [0.25, 0.3) is 0 Å². The smallest absolute Gasteiger partial charge is 0.339 e. The lowest BCUT2D eigenvalue weighted by atomic mass is 9.84. The van der Waals surface area contributed by atoms with Crippen molar-refractivity contribution in [1.82, 2.24) is 0 Å². The van der Waals surface area contributed by atoms with Crippen LogP contribution in [0.1, 0.15) is 20.8 Å². The summed E-state index contributed by atoms with van der Waals surface area (Å²) >= 11 is 0. The molecule has 1 unspecified atom stereocenters. The Bertz CT molecular complexity index is 492. The fourth-order valence-corrected chi connectivity index (χ4v) is 2.32. The zero-order chi connectivity index (χ0) is 17.7. The van der Waals surface area contributed by atoms with E-state index in [1.165, 1.54) is 14.8 Å². The van der Waals surface area contributed by atoms with Crippen molar-refractivity contribution in [2.24, 2.45) is 0 Å². The number of carbonyl (C=O) groups is 4. The number of carbonyl (C=O) groups excluding carboxylic acids is 4. The SMILES string of the molecule is B[C@H]1OC(C(=O)OC)[C@@H](OC(C)=O)[C@H](OC(C)=O)[C@H]1OC(C)=O. The second-order valence-electron chi connectivity index (χ2n) is 5.01. The summed E-state index contributed by atoms with van der Waals surface area (Å²) in [6, 6.07) is -0.792. The van der Waals surface area contributed by atoms with Crippen LogP contribution in [-0.2, 0) is 42.9 Å². The Kier molecular flexibility index (Phi) is 6.55. The van der Waals surface area contributed by atoms with Crippen molar-refractivity contribution >= 4 is 31.7 Å². The highest BCUT2D eigenvalue weighted by Gasteiger charge is 2.53. The molecule has 0 saturated carbocycles. The van der Waals surface area contributed by atoms with E-state index in [-0.39, 0.29) is 0 Å². The highest BCUT2D eigenvalue weighted by Crippen LogP contribution is 2.28. The van der Waals surface area contributed by atoms with Crippen LogP contribution in [0.25, 0.3) is 0 Å². The lowest BCUT2D eigenvalue weighted by molar-refractivity contribution is -0.236. The molecule has 0 radical (unpaired) electrons. The van der Waals surface area contributed by atoms with Gasteiger partial charge in [0.05, 0.1) is 13.1 Å². The first kappa shape index (κ1) is 19.0. The summed E-state index contributed by atoms with van der Waals surface area (Å²) in [5.41, 5.74) is 0.